The fourth-order valence-corrected chi connectivity index (χ4v) is 3.44. The second kappa shape index (κ2) is 5.59. The maximum atomic E-state index is 12.9. The van der Waals surface area contributed by atoms with Crippen molar-refractivity contribution in [3.63, 3.8) is 0 Å². The molecule has 1 aliphatic carbocycles. The summed E-state index contributed by atoms with van der Waals surface area (Å²) in [5, 5.41) is 0. The van der Waals surface area contributed by atoms with Gasteiger partial charge in [0.2, 0.25) is 0 Å². The van der Waals surface area contributed by atoms with Gasteiger partial charge in [-0.3, -0.25) is 4.79 Å². The van der Waals surface area contributed by atoms with Crippen LogP contribution in [0, 0.1) is 25.2 Å². The highest BCUT2D eigenvalue weighted by Crippen LogP contribution is 2.42. The van der Waals surface area contributed by atoms with Crippen molar-refractivity contribution in [3.05, 3.63) is 28.8 Å². The summed E-state index contributed by atoms with van der Waals surface area (Å²) in [5.41, 5.74) is 3.06. The van der Waals surface area contributed by atoms with Crippen LogP contribution in [-0.2, 0) is 0 Å². The zero-order chi connectivity index (χ0) is 14.9. The third-order valence-electron chi connectivity index (χ3n) is 4.83. The van der Waals surface area contributed by atoms with Crippen LogP contribution in [0.4, 0.5) is 0 Å². The smallest absolute Gasteiger partial charge is 0.166 e. The Morgan fingerprint density at radius 3 is 2.50 bits per heavy atom. The van der Waals surface area contributed by atoms with Crippen molar-refractivity contribution in [2.45, 2.75) is 53.4 Å². The van der Waals surface area contributed by atoms with Crippen LogP contribution in [0.5, 0.6) is 5.75 Å². The molecule has 0 heterocycles. The summed E-state index contributed by atoms with van der Waals surface area (Å²) in [6, 6.07) is 3.99. The molecule has 1 atom stereocenters. The van der Waals surface area contributed by atoms with Crippen LogP contribution < -0.4 is 4.74 Å². The van der Waals surface area contributed by atoms with Crippen LogP contribution in [0.3, 0.4) is 0 Å². The number of carbonyl (C=O) groups is 1. The number of carbonyl (C=O) groups excluding carboxylic acids is 1. The van der Waals surface area contributed by atoms with E-state index < -0.39 is 0 Å². The van der Waals surface area contributed by atoms with E-state index in [-0.39, 0.29) is 11.3 Å². The molecule has 0 saturated heterocycles. The number of ketones is 1. The molecule has 1 aromatic carbocycles. The summed E-state index contributed by atoms with van der Waals surface area (Å²) in [4.78, 5) is 12.9. The van der Waals surface area contributed by atoms with Gasteiger partial charge < -0.3 is 4.74 Å². The molecule has 1 aromatic rings. The third-order valence-corrected chi connectivity index (χ3v) is 4.83. The standard InChI is InChI=1S/C18H26O2/c1-12-11-16(20-5)13(2)10-14(12)17(19)15-8-6-7-9-18(15,3)4/h10-11,15H,6-9H2,1-5H3. The second-order valence-electron chi connectivity index (χ2n) is 6.79. The average molecular weight is 274 g/mol. The SMILES string of the molecule is COc1cc(C)c(C(=O)C2CCCCC2(C)C)cc1C. The molecule has 0 radical (unpaired) electrons. The number of aryl methyl sites for hydroxylation is 2. The molecule has 0 bridgehead atoms. The number of methoxy groups -OCH3 is 1. The lowest BCUT2D eigenvalue weighted by molar-refractivity contribution is 0.0696. The van der Waals surface area contributed by atoms with E-state index in [0.29, 0.717) is 5.78 Å². The van der Waals surface area contributed by atoms with Crippen molar-refractivity contribution in [3.8, 4) is 5.75 Å². The van der Waals surface area contributed by atoms with Crippen molar-refractivity contribution in [1.29, 1.82) is 0 Å². The van der Waals surface area contributed by atoms with Gasteiger partial charge in [-0.2, -0.15) is 0 Å². The molecule has 0 spiro atoms. The van der Waals surface area contributed by atoms with Gasteiger partial charge in [0.15, 0.2) is 5.78 Å². The highest BCUT2D eigenvalue weighted by molar-refractivity contribution is 6.00. The first kappa shape index (κ1) is 15.1. The maximum absolute atomic E-state index is 12.9. The quantitative estimate of drug-likeness (QED) is 0.746. The number of rotatable bonds is 3. The van der Waals surface area contributed by atoms with Crippen LogP contribution in [-0.4, -0.2) is 12.9 Å². The fourth-order valence-electron chi connectivity index (χ4n) is 3.44. The predicted molar refractivity (Wildman–Crippen MR) is 82.5 cm³/mol. The Kier molecular flexibility index (Phi) is 4.22. The molecule has 0 N–H and O–H groups in total. The van der Waals surface area contributed by atoms with E-state index in [1.165, 1.54) is 12.8 Å². The van der Waals surface area contributed by atoms with E-state index in [4.69, 9.17) is 4.74 Å². The van der Waals surface area contributed by atoms with Gasteiger partial charge >= 0.3 is 0 Å². The average Bonchev–Trinajstić information content (AvgIpc) is 2.39. The molecule has 2 heteroatoms. The van der Waals surface area contributed by atoms with Crippen LogP contribution in [0.25, 0.3) is 0 Å². The summed E-state index contributed by atoms with van der Waals surface area (Å²) in [6.45, 7) is 8.48. The minimum atomic E-state index is 0.121. The van der Waals surface area contributed by atoms with E-state index in [1.54, 1.807) is 7.11 Å². The molecule has 1 fully saturated rings. The summed E-state index contributed by atoms with van der Waals surface area (Å²) >= 11 is 0. The van der Waals surface area contributed by atoms with Crippen molar-refractivity contribution in [1.82, 2.24) is 0 Å². The van der Waals surface area contributed by atoms with Crippen molar-refractivity contribution in [2.75, 3.05) is 7.11 Å². The van der Waals surface area contributed by atoms with Crippen LogP contribution in [0.15, 0.2) is 12.1 Å². The molecule has 2 nitrogen and oxygen atoms in total. The Bertz CT molecular complexity index is 514. The first-order chi connectivity index (χ1) is 9.36. The molecule has 1 saturated carbocycles. The number of ether oxygens (including phenoxy) is 1. The Morgan fingerprint density at radius 2 is 1.90 bits per heavy atom. The van der Waals surface area contributed by atoms with Crippen molar-refractivity contribution < 1.29 is 9.53 Å². The topological polar surface area (TPSA) is 26.3 Å². The Morgan fingerprint density at radius 1 is 1.20 bits per heavy atom. The van der Waals surface area contributed by atoms with Crippen LogP contribution in [0.1, 0.15) is 61.0 Å². The molecule has 0 aromatic heterocycles. The largest absolute Gasteiger partial charge is 0.496 e. The molecule has 0 aliphatic heterocycles. The summed E-state index contributed by atoms with van der Waals surface area (Å²) in [6.07, 6.45) is 4.60. The van der Waals surface area contributed by atoms with Gasteiger partial charge in [-0.05, 0) is 55.4 Å². The second-order valence-corrected chi connectivity index (χ2v) is 6.79. The van der Waals surface area contributed by atoms with E-state index in [2.05, 4.69) is 13.8 Å². The Hall–Kier alpha value is -1.31. The number of benzene rings is 1. The third kappa shape index (κ3) is 2.74. The van der Waals surface area contributed by atoms with E-state index >= 15 is 0 Å². The van der Waals surface area contributed by atoms with Gasteiger partial charge in [0.25, 0.3) is 0 Å². The molecule has 1 unspecified atom stereocenters. The zero-order valence-electron chi connectivity index (χ0n) is 13.4. The van der Waals surface area contributed by atoms with Gasteiger partial charge in [0.1, 0.15) is 5.75 Å². The number of hydrogen-bond acceptors (Lipinski definition) is 2. The summed E-state index contributed by atoms with van der Waals surface area (Å²) in [5.74, 6) is 1.34. The minimum absolute atomic E-state index is 0.121. The minimum Gasteiger partial charge on any atom is -0.496 e. The highest BCUT2D eigenvalue weighted by Gasteiger charge is 2.37. The first-order valence-corrected chi connectivity index (χ1v) is 7.56. The molecule has 0 amide bonds. The van der Waals surface area contributed by atoms with E-state index in [1.807, 2.05) is 26.0 Å². The van der Waals surface area contributed by atoms with Crippen LogP contribution >= 0.6 is 0 Å². The van der Waals surface area contributed by atoms with Crippen LogP contribution in [0.2, 0.25) is 0 Å². The van der Waals surface area contributed by atoms with Gasteiger partial charge in [-0.15, -0.1) is 0 Å². The maximum Gasteiger partial charge on any atom is 0.166 e. The Balaban J connectivity index is 2.36. The lowest BCUT2D eigenvalue weighted by Gasteiger charge is -2.37. The lowest BCUT2D eigenvalue weighted by Crippen LogP contribution is -2.34. The molecular formula is C18H26O2. The number of Topliss-reactive ketones (excluding diaryl/α,β-unsaturated/α-hetero) is 1. The molecular weight excluding hydrogens is 248 g/mol. The monoisotopic (exact) mass is 274 g/mol. The van der Waals surface area contributed by atoms with Crippen molar-refractivity contribution >= 4 is 5.78 Å². The molecule has 20 heavy (non-hydrogen) atoms. The van der Waals surface area contributed by atoms with E-state index in [9.17, 15) is 4.79 Å². The van der Waals surface area contributed by atoms with Gasteiger partial charge in [0, 0.05) is 11.5 Å². The van der Waals surface area contributed by atoms with Gasteiger partial charge in [0.05, 0.1) is 7.11 Å². The normalized spacial score (nSPS) is 21.6. The predicted octanol–water partition coefficient (Wildman–Crippen LogP) is 4.71. The molecule has 2 rings (SSSR count). The van der Waals surface area contributed by atoms with E-state index in [0.717, 1.165) is 35.3 Å². The zero-order valence-corrected chi connectivity index (χ0v) is 13.4. The Labute approximate surface area is 122 Å². The van der Waals surface area contributed by atoms with Gasteiger partial charge in [-0.1, -0.05) is 26.7 Å². The summed E-state index contributed by atoms with van der Waals surface area (Å²) < 4.78 is 5.34. The first-order valence-electron chi connectivity index (χ1n) is 7.56. The molecule has 110 valence electrons. The number of hydrogen-bond donors (Lipinski definition) is 0. The summed E-state index contributed by atoms with van der Waals surface area (Å²) in [7, 11) is 1.67. The molecule has 1 aliphatic rings. The van der Waals surface area contributed by atoms with Gasteiger partial charge in [-0.25, -0.2) is 0 Å². The fraction of sp³-hybridized carbons (Fsp3) is 0.611. The lowest BCUT2D eigenvalue weighted by atomic mass is 9.66. The van der Waals surface area contributed by atoms with Crippen molar-refractivity contribution in [2.24, 2.45) is 11.3 Å². The highest BCUT2D eigenvalue weighted by atomic mass is 16.5.